The van der Waals surface area contributed by atoms with E-state index in [2.05, 4.69) is 13.8 Å². The van der Waals surface area contributed by atoms with Crippen molar-refractivity contribution >= 4 is 5.97 Å². The lowest BCUT2D eigenvalue weighted by Gasteiger charge is -2.66. The Hall–Kier alpha value is -1.27. The maximum Gasteiger partial charge on any atom is 0.331 e. The molecule has 0 unspecified atom stereocenters. The SMILES string of the molecule is C[C@H]1O[C@@H](O[C@H]2CC[C@]3(C)[C@H]4CC[C@]5(C)[C@@H](C6=CC(=O)OC6)CC[C@]5(O)[C@@H]4CC[C@@]3(O)C2)[C@H](O)[C@@H](O)[C@@H]1O[C@@H]1O[C@H](CO)[C@@H](O)[C@H](O)[C@H]1O. The molecule has 278 valence electrons. The molecule has 0 spiro atoms. The number of rotatable bonds is 6. The number of ether oxygens (including phenoxy) is 5. The van der Waals surface area contributed by atoms with E-state index in [9.17, 15) is 45.6 Å². The van der Waals surface area contributed by atoms with Crippen molar-refractivity contribution in [3.05, 3.63) is 11.6 Å². The van der Waals surface area contributed by atoms with Crippen LogP contribution in [0.25, 0.3) is 0 Å². The molecule has 3 aliphatic heterocycles. The minimum atomic E-state index is -1.69. The van der Waals surface area contributed by atoms with Gasteiger partial charge in [0.2, 0.25) is 0 Å². The molecule has 0 amide bonds. The van der Waals surface area contributed by atoms with Crippen molar-refractivity contribution in [1.29, 1.82) is 0 Å². The Bertz CT molecular complexity index is 1290. The third-order valence-electron chi connectivity index (χ3n) is 14.3. The number of fused-ring (bicyclic) bond motifs is 5. The van der Waals surface area contributed by atoms with Crippen LogP contribution in [0.4, 0.5) is 0 Å². The van der Waals surface area contributed by atoms with Crippen LogP contribution in [-0.2, 0) is 28.5 Å². The molecule has 7 aliphatic rings. The fourth-order valence-corrected chi connectivity index (χ4v) is 11.3. The molecule has 3 heterocycles. The molecule has 4 aliphatic carbocycles. The van der Waals surface area contributed by atoms with Crippen LogP contribution >= 0.6 is 0 Å². The number of carbonyl (C=O) groups excluding carboxylic acids is 1. The van der Waals surface area contributed by atoms with Crippen molar-refractivity contribution in [2.75, 3.05) is 13.2 Å². The highest BCUT2D eigenvalue weighted by Crippen LogP contribution is 2.70. The van der Waals surface area contributed by atoms with Gasteiger partial charge in [-0.1, -0.05) is 13.8 Å². The lowest BCUT2D eigenvalue weighted by atomic mass is 9.42. The first-order valence-electron chi connectivity index (χ1n) is 18.0. The highest BCUT2D eigenvalue weighted by atomic mass is 16.7. The highest BCUT2D eigenvalue weighted by Gasteiger charge is 2.70. The Labute approximate surface area is 285 Å². The van der Waals surface area contributed by atoms with Crippen molar-refractivity contribution in [3.63, 3.8) is 0 Å². The summed E-state index contributed by atoms with van der Waals surface area (Å²) < 4.78 is 28.6. The van der Waals surface area contributed by atoms with Gasteiger partial charge in [-0.15, -0.1) is 0 Å². The van der Waals surface area contributed by atoms with Gasteiger partial charge in [0.1, 0.15) is 49.3 Å². The van der Waals surface area contributed by atoms with E-state index in [4.69, 9.17) is 23.7 Å². The van der Waals surface area contributed by atoms with E-state index in [1.807, 2.05) is 0 Å². The summed E-state index contributed by atoms with van der Waals surface area (Å²) in [6.45, 7) is 5.56. The zero-order valence-corrected chi connectivity index (χ0v) is 28.5. The third kappa shape index (κ3) is 5.47. The predicted octanol–water partition coefficient (Wildman–Crippen LogP) is -0.605. The first-order valence-corrected chi connectivity index (χ1v) is 18.0. The molecule has 0 aromatic rings. The van der Waals surface area contributed by atoms with E-state index in [1.165, 1.54) is 0 Å². The van der Waals surface area contributed by atoms with Gasteiger partial charge in [-0.25, -0.2) is 4.79 Å². The van der Waals surface area contributed by atoms with Gasteiger partial charge in [-0.2, -0.15) is 0 Å². The second-order valence-electron chi connectivity index (χ2n) is 16.5. The first kappa shape index (κ1) is 36.1. The molecule has 7 rings (SSSR count). The average Bonchev–Trinajstić information content (AvgIpc) is 3.61. The number of hydrogen-bond acceptors (Lipinski definition) is 14. The van der Waals surface area contributed by atoms with Gasteiger partial charge in [-0.3, -0.25) is 0 Å². The predicted molar refractivity (Wildman–Crippen MR) is 167 cm³/mol. The summed E-state index contributed by atoms with van der Waals surface area (Å²) in [5.41, 5.74) is -1.86. The number of aliphatic hydroxyl groups is 8. The molecule has 0 aromatic carbocycles. The Morgan fingerprint density at radius 3 is 2.16 bits per heavy atom. The van der Waals surface area contributed by atoms with Crippen molar-refractivity contribution in [2.45, 2.75) is 157 Å². The summed E-state index contributed by atoms with van der Waals surface area (Å²) in [7, 11) is 0. The quantitative estimate of drug-likeness (QED) is 0.128. The second-order valence-corrected chi connectivity index (χ2v) is 16.5. The lowest BCUT2D eigenvalue weighted by molar-refractivity contribution is -0.362. The largest absolute Gasteiger partial charge is 0.458 e. The zero-order valence-electron chi connectivity index (χ0n) is 28.5. The molecule has 4 saturated carbocycles. The molecule has 18 atom stereocenters. The fraction of sp³-hybridized carbons (Fsp3) is 0.914. The number of hydrogen-bond donors (Lipinski definition) is 8. The monoisotopic (exact) mass is 698 g/mol. The van der Waals surface area contributed by atoms with Gasteiger partial charge in [-0.05, 0) is 87.0 Å². The highest BCUT2D eigenvalue weighted by molar-refractivity contribution is 5.85. The van der Waals surface area contributed by atoms with Crippen LogP contribution in [0.2, 0.25) is 0 Å². The first-order chi connectivity index (χ1) is 23.1. The molecular weight excluding hydrogens is 644 g/mol. The van der Waals surface area contributed by atoms with Crippen LogP contribution in [0.5, 0.6) is 0 Å². The van der Waals surface area contributed by atoms with Crippen LogP contribution in [0.15, 0.2) is 11.6 Å². The second kappa shape index (κ2) is 12.7. The van der Waals surface area contributed by atoms with Gasteiger partial charge in [0.15, 0.2) is 12.6 Å². The third-order valence-corrected chi connectivity index (χ3v) is 14.3. The van der Waals surface area contributed by atoms with Crippen LogP contribution in [0.3, 0.4) is 0 Å². The van der Waals surface area contributed by atoms with Gasteiger partial charge < -0.3 is 64.5 Å². The van der Waals surface area contributed by atoms with Crippen LogP contribution in [-0.4, -0.2) is 139 Å². The Morgan fingerprint density at radius 2 is 1.47 bits per heavy atom. The number of cyclic esters (lactones) is 1. The number of esters is 1. The van der Waals surface area contributed by atoms with Crippen molar-refractivity contribution in [2.24, 2.45) is 28.6 Å². The van der Waals surface area contributed by atoms with E-state index in [0.717, 1.165) is 24.8 Å². The van der Waals surface area contributed by atoms with Crippen LogP contribution in [0, 0.1) is 28.6 Å². The molecule has 0 bridgehead atoms. The van der Waals surface area contributed by atoms with Crippen molar-refractivity contribution < 1.29 is 69.3 Å². The molecule has 49 heavy (non-hydrogen) atoms. The van der Waals surface area contributed by atoms with Crippen LogP contribution in [0.1, 0.15) is 78.6 Å². The normalized spacial score (nSPS) is 56.0. The van der Waals surface area contributed by atoms with Gasteiger partial charge in [0.05, 0.1) is 30.0 Å². The van der Waals surface area contributed by atoms with E-state index in [1.54, 1.807) is 13.0 Å². The molecule has 6 fully saturated rings. The molecule has 2 saturated heterocycles. The standard InChI is InChI=1S/C35H54O14/c1-16-29(49-31-27(41)25(39)24(38)22(14-36)48-31)26(40)28(42)30(46-16)47-18-4-8-32(2)20-5-9-33(3)19(17-12-23(37)45-15-17)7-11-35(33,44)21(20)6-10-34(32,43)13-18/h12,16,18-22,24-31,36,38-44H,4-11,13-15H2,1-3H3/t16-,18+,19-,20+,21-,22-,24-,25+,26-,27-,28-,29-,30+,31+,32-,33-,34-,35+/m1/s1. The molecular formula is C35H54O14. The van der Waals surface area contributed by atoms with Gasteiger partial charge in [0, 0.05) is 17.9 Å². The topological polar surface area (TPSA) is 225 Å². The van der Waals surface area contributed by atoms with E-state index >= 15 is 0 Å². The van der Waals surface area contributed by atoms with Gasteiger partial charge >= 0.3 is 5.97 Å². The van der Waals surface area contributed by atoms with E-state index in [-0.39, 0.29) is 29.1 Å². The van der Waals surface area contributed by atoms with Crippen molar-refractivity contribution in [1.82, 2.24) is 0 Å². The molecule has 8 N–H and O–H groups in total. The minimum absolute atomic E-state index is 0.0118. The van der Waals surface area contributed by atoms with E-state index < -0.39 is 90.7 Å². The Balaban J connectivity index is 1.00. The lowest BCUT2D eigenvalue weighted by Crippen LogP contribution is -2.68. The van der Waals surface area contributed by atoms with E-state index in [0.29, 0.717) is 45.1 Å². The maximum absolute atomic E-state index is 12.5. The minimum Gasteiger partial charge on any atom is -0.458 e. The smallest absolute Gasteiger partial charge is 0.331 e. The fourth-order valence-electron chi connectivity index (χ4n) is 11.3. The van der Waals surface area contributed by atoms with Gasteiger partial charge in [0.25, 0.3) is 0 Å². The summed E-state index contributed by atoms with van der Waals surface area (Å²) in [6.07, 6.45) is -7.14. The zero-order chi connectivity index (χ0) is 35.3. The summed E-state index contributed by atoms with van der Waals surface area (Å²) in [6, 6.07) is 0. The molecule has 0 radical (unpaired) electrons. The number of carbonyl (C=O) groups is 1. The number of aliphatic hydroxyl groups excluding tert-OH is 6. The summed E-state index contributed by atoms with van der Waals surface area (Å²) in [5, 5.41) is 87.1. The molecule has 14 nitrogen and oxygen atoms in total. The summed E-state index contributed by atoms with van der Waals surface area (Å²) >= 11 is 0. The average molecular weight is 699 g/mol. The molecule has 0 aromatic heterocycles. The summed E-state index contributed by atoms with van der Waals surface area (Å²) in [5.74, 6) is -0.117. The maximum atomic E-state index is 12.5. The summed E-state index contributed by atoms with van der Waals surface area (Å²) in [4.78, 5) is 11.9. The molecule has 14 heteroatoms. The Morgan fingerprint density at radius 1 is 0.796 bits per heavy atom. The van der Waals surface area contributed by atoms with Crippen molar-refractivity contribution in [3.8, 4) is 0 Å². The Kier molecular flexibility index (Phi) is 9.36. The van der Waals surface area contributed by atoms with Crippen LogP contribution < -0.4 is 0 Å².